The van der Waals surface area contributed by atoms with Crippen molar-refractivity contribution in [2.75, 3.05) is 33.8 Å². The lowest BCUT2D eigenvalue weighted by molar-refractivity contribution is 0.191. The van der Waals surface area contributed by atoms with Crippen LogP contribution >= 0.6 is 0 Å². The zero-order valence-electron chi connectivity index (χ0n) is 15.5. The lowest BCUT2D eigenvalue weighted by Crippen LogP contribution is -2.31. The van der Waals surface area contributed by atoms with Crippen molar-refractivity contribution in [3.63, 3.8) is 0 Å². The Morgan fingerprint density at radius 3 is 2.64 bits per heavy atom. The Balaban J connectivity index is 1.86. The lowest BCUT2D eigenvalue weighted by atomic mass is 10.1. The van der Waals surface area contributed by atoms with Gasteiger partial charge in [0.25, 0.3) is 0 Å². The summed E-state index contributed by atoms with van der Waals surface area (Å²) in [6.45, 7) is 4.71. The summed E-state index contributed by atoms with van der Waals surface area (Å²) in [5.74, 6) is 1.62. The molecule has 0 amide bonds. The molecular weight excluding hydrogens is 312 g/mol. The Kier molecular flexibility index (Phi) is 6.00. The first-order valence-electron chi connectivity index (χ1n) is 9.06. The first-order chi connectivity index (χ1) is 12.1. The molecule has 0 fully saturated rings. The standard InChI is InChI=1S/C20H28N4O/c1-15(24(2)3)14-25-20-17-9-11-21-12-10-18(17)22-19(23-20)13-16-7-5-4-6-8-16/h4-8,15,21H,9-14H2,1-3H3. The Morgan fingerprint density at radius 2 is 1.88 bits per heavy atom. The molecule has 134 valence electrons. The normalized spacial score (nSPS) is 15.5. The van der Waals surface area contributed by atoms with Crippen molar-refractivity contribution >= 4 is 0 Å². The van der Waals surface area contributed by atoms with Crippen LogP contribution in [0.5, 0.6) is 5.88 Å². The van der Waals surface area contributed by atoms with E-state index in [4.69, 9.17) is 14.7 Å². The fourth-order valence-corrected chi connectivity index (χ4v) is 2.89. The number of hydrogen-bond acceptors (Lipinski definition) is 5. The molecule has 5 heteroatoms. The van der Waals surface area contributed by atoms with Crippen molar-refractivity contribution in [3.05, 3.63) is 53.0 Å². The minimum atomic E-state index is 0.340. The molecule has 1 N–H and O–H groups in total. The molecule has 1 aromatic heterocycles. The summed E-state index contributed by atoms with van der Waals surface area (Å²) in [6, 6.07) is 10.7. The quantitative estimate of drug-likeness (QED) is 0.873. The van der Waals surface area contributed by atoms with Crippen molar-refractivity contribution in [3.8, 4) is 5.88 Å². The van der Waals surface area contributed by atoms with Crippen LogP contribution in [0, 0.1) is 0 Å². The van der Waals surface area contributed by atoms with Crippen LogP contribution in [0.3, 0.4) is 0 Å². The van der Waals surface area contributed by atoms with Crippen molar-refractivity contribution in [2.24, 2.45) is 0 Å². The number of nitrogens with one attached hydrogen (secondary N) is 1. The van der Waals surface area contributed by atoms with E-state index < -0.39 is 0 Å². The highest BCUT2D eigenvalue weighted by Crippen LogP contribution is 2.23. The highest BCUT2D eigenvalue weighted by atomic mass is 16.5. The van der Waals surface area contributed by atoms with Gasteiger partial charge in [-0.1, -0.05) is 30.3 Å². The van der Waals surface area contributed by atoms with Gasteiger partial charge in [0.05, 0.1) is 5.69 Å². The minimum Gasteiger partial charge on any atom is -0.476 e. The van der Waals surface area contributed by atoms with Crippen LogP contribution in [0.2, 0.25) is 0 Å². The van der Waals surface area contributed by atoms with Crippen LogP contribution < -0.4 is 10.1 Å². The summed E-state index contributed by atoms with van der Waals surface area (Å²) in [5, 5.41) is 3.44. The van der Waals surface area contributed by atoms with Crippen LogP contribution in [-0.2, 0) is 19.3 Å². The van der Waals surface area contributed by atoms with E-state index >= 15 is 0 Å². The second-order valence-corrected chi connectivity index (χ2v) is 6.91. The van der Waals surface area contributed by atoms with Gasteiger partial charge in [0.1, 0.15) is 12.4 Å². The van der Waals surface area contributed by atoms with Crippen LogP contribution in [0.1, 0.15) is 29.6 Å². The average molecular weight is 340 g/mol. The molecule has 0 radical (unpaired) electrons. The van der Waals surface area contributed by atoms with Gasteiger partial charge in [-0.3, -0.25) is 0 Å². The summed E-state index contributed by atoms with van der Waals surface area (Å²) in [7, 11) is 4.14. The molecule has 0 saturated carbocycles. The zero-order valence-corrected chi connectivity index (χ0v) is 15.5. The second kappa shape index (κ2) is 8.41. The number of rotatable bonds is 6. The Morgan fingerprint density at radius 1 is 1.12 bits per heavy atom. The molecule has 3 rings (SSSR count). The van der Waals surface area contributed by atoms with E-state index in [9.17, 15) is 0 Å². The number of benzene rings is 1. The van der Waals surface area contributed by atoms with Gasteiger partial charge in [-0.25, -0.2) is 4.98 Å². The molecule has 2 aromatic rings. The van der Waals surface area contributed by atoms with E-state index in [1.807, 2.05) is 6.07 Å². The molecule has 1 aliphatic rings. The van der Waals surface area contributed by atoms with E-state index in [0.29, 0.717) is 12.6 Å². The average Bonchev–Trinajstić information content (AvgIpc) is 2.85. The summed E-state index contributed by atoms with van der Waals surface area (Å²) < 4.78 is 6.14. The largest absolute Gasteiger partial charge is 0.476 e. The van der Waals surface area contributed by atoms with E-state index in [2.05, 4.69) is 55.5 Å². The third-order valence-electron chi connectivity index (χ3n) is 4.74. The van der Waals surface area contributed by atoms with E-state index in [0.717, 1.165) is 49.8 Å². The molecule has 1 atom stereocenters. The number of ether oxygens (including phenoxy) is 1. The van der Waals surface area contributed by atoms with Gasteiger partial charge in [-0.05, 0) is 39.5 Å². The summed E-state index contributed by atoms with van der Waals surface area (Å²) in [4.78, 5) is 11.8. The zero-order chi connectivity index (χ0) is 17.6. The van der Waals surface area contributed by atoms with Gasteiger partial charge in [0.2, 0.25) is 5.88 Å². The monoisotopic (exact) mass is 340 g/mol. The first kappa shape index (κ1) is 17.8. The van der Waals surface area contributed by atoms with Crippen molar-refractivity contribution in [2.45, 2.75) is 32.2 Å². The summed E-state index contributed by atoms with van der Waals surface area (Å²) in [5.41, 5.74) is 3.54. The maximum absolute atomic E-state index is 6.14. The molecule has 1 aliphatic heterocycles. The van der Waals surface area contributed by atoms with E-state index in [-0.39, 0.29) is 0 Å². The second-order valence-electron chi connectivity index (χ2n) is 6.91. The molecule has 0 bridgehead atoms. The maximum atomic E-state index is 6.14. The van der Waals surface area contributed by atoms with Crippen molar-refractivity contribution < 1.29 is 4.74 Å². The van der Waals surface area contributed by atoms with Gasteiger partial charge >= 0.3 is 0 Å². The SMILES string of the molecule is CC(COc1nc(Cc2ccccc2)nc2c1CCNCC2)N(C)C. The number of likely N-dealkylation sites (N-methyl/N-ethyl adjacent to an activating group) is 1. The molecular formula is C20H28N4O. The maximum Gasteiger partial charge on any atom is 0.220 e. The van der Waals surface area contributed by atoms with Crippen LogP contribution in [0.4, 0.5) is 0 Å². The Labute approximate surface area is 150 Å². The highest BCUT2D eigenvalue weighted by Gasteiger charge is 2.19. The van der Waals surface area contributed by atoms with Gasteiger partial charge in [0, 0.05) is 31.0 Å². The van der Waals surface area contributed by atoms with Crippen LogP contribution in [0.25, 0.3) is 0 Å². The predicted octanol–water partition coefficient (Wildman–Crippen LogP) is 2.08. The molecule has 0 aliphatic carbocycles. The topological polar surface area (TPSA) is 50.3 Å². The molecule has 25 heavy (non-hydrogen) atoms. The number of nitrogens with zero attached hydrogens (tertiary/aromatic N) is 3. The smallest absolute Gasteiger partial charge is 0.220 e. The fourth-order valence-electron chi connectivity index (χ4n) is 2.89. The van der Waals surface area contributed by atoms with Gasteiger partial charge in [-0.15, -0.1) is 0 Å². The summed E-state index contributed by atoms with van der Waals surface area (Å²) >= 11 is 0. The fraction of sp³-hybridized carbons (Fsp3) is 0.500. The lowest BCUT2D eigenvalue weighted by Gasteiger charge is -2.21. The Hall–Kier alpha value is -1.98. The minimum absolute atomic E-state index is 0.340. The van der Waals surface area contributed by atoms with Gasteiger partial charge in [-0.2, -0.15) is 4.98 Å². The predicted molar refractivity (Wildman–Crippen MR) is 100 cm³/mol. The molecule has 1 aromatic carbocycles. The first-order valence-corrected chi connectivity index (χ1v) is 9.06. The number of fused-ring (bicyclic) bond motifs is 1. The van der Waals surface area contributed by atoms with Crippen molar-refractivity contribution in [1.29, 1.82) is 0 Å². The Bertz CT molecular complexity index is 688. The third-order valence-corrected chi connectivity index (χ3v) is 4.74. The van der Waals surface area contributed by atoms with Crippen molar-refractivity contribution in [1.82, 2.24) is 20.2 Å². The van der Waals surface area contributed by atoms with Crippen LogP contribution in [-0.4, -0.2) is 54.7 Å². The molecule has 1 unspecified atom stereocenters. The highest BCUT2D eigenvalue weighted by molar-refractivity contribution is 5.34. The van der Waals surface area contributed by atoms with Gasteiger partial charge < -0.3 is 15.0 Å². The van der Waals surface area contributed by atoms with E-state index in [1.54, 1.807) is 0 Å². The number of aromatic nitrogens is 2. The molecule has 2 heterocycles. The molecule has 5 nitrogen and oxygen atoms in total. The van der Waals surface area contributed by atoms with Gasteiger partial charge in [0.15, 0.2) is 0 Å². The molecule has 0 saturated heterocycles. The summed E-state index contributed by atoms with van der Waals surface area (Å²) in [6.07, 6.45) is 2.59. The number of hydrogen-bond donors (Lipinski definition) is 1. The third kappa shape index (κ3) is 4.77. The van der Waals surface area contributed by atoms with E-state index in [1.165, 1.54) is 11.1 Å². The molecule has 0 spiro atoms. The van der Waals surface area contributed by atoms with Crippen LogP contribution in [0.15, 0.2) is 30.3 Å².